The molecular weight excluding hydrogens is 320 g/mol. The summed E-state index contributed by atoms with van der Waals surface area (Å²) < 4.78 is 5.23. The third-order valence-electron chi connectivity index (χ3n) is 4.51. The van der Waals surface area contributed by atoms with Gasteiger partial charge in [0.15, 0.2) is 0 Å². The molecule has 0 atom stereocenters. The van der Waals surface area contributed by atoms with Gasteiger partial charge in [0.2, 0.25) is 0 Å². The maximum Gasteiger partial charge on any atom is 0.408 e. The van der Waals surface area contributed by atoms with Gasteiger partial charge in [0.1, 0.15) is 11.1 Å². The zero-order chi connectivity index (χ0) is 18.7. The van der Waals surface area contributed by atoms with Crippen LogP contribution in [0.25, 0.3) is 0 Å². The number of amides is 1. The van der Waals surface area contributed by atoms with Gasteiger partial charge in [-0.05, 0) is 51.7 Å². The van der Waals surface area contributed by atoms with Crippen molar-refractivity contribution >= 4 is 12.1 Å². The quantitative estimate of drug-likeness (QED) is 0.875. The van der Waals surface area contributed by atoms with Gasteiger partial charge < -0.3 is 15.2 Å². The molecule has 138 valence electrons. The number of benzene rings is 1. The Balaban J connectivity index is 1.99. The summed E-state index contributed by atoms with van der Waals surface area (Å²) in [7, 11) is 0. The molecule has 0 spiro atoms. The van der Waals surface area contributed by atoms with Crippen molar-refractivity contribution in [3.05, 3.63) is 35.4 Å². The number of hydrogen-bond acceptors (Lipinski definition) is 4. The number of nitrogens with zero attached hydrogens (tertiary/aromatic N) is 1. The summed E-state index contributed by atoms with van der Waals surface area (Å²) in [6.07, 6.45) is 0.0308. The molecule has 1 aromatic carbocycles. The van der Waals surface area contributed by atoms with Crippen molar-refractivity contribution in [1.82, 2.24) is 10.2 Å². The van der Waals surface area contributed by atoms with Gasteiger partial charge >= 0.3 is 12.1 Å². The molecule has 0 aliphatic carbocycles. The largest absolute Gasteiger partial charge is 0.480 e. The molecule has 6 nitrogen and oxygen atoms in total. The standard InChI is InChI=1S/C19H28N2O4/c1-14-7-5-6-8-15(14)13-21-11-9-19(10-12-21,16(22)23)20-17(24)25-18(2,3)4/h5-8H,9-13H2,1-4H3,(H,20,24)(H,22,23). The molecule has 1 aliphatic rings. The van der Waals surface area contributed by atoms with Crippen LogP contribution >= 0.6 is 0 Å². The number of nitrogens with one attached hydrogen (secondary N) is 1. The molecular formula is C19H28N2O4. The Morgan fingerprint density at radius 2 is 1.84 bits per heavy atom. The fourth-order valence-corrected chi connectivity index (χ4v) is 3.01. The van der Waals surface area contributed by atoms with Crippen molar-refractivity contribution in [3.8, 4) is 0 Å². The summed E-state index contributed by atoms with van der Waals surface area (Å²) in [6.45, 7) is 9.34. The number of aryl methyl sites for hydroxylation is 1. The first-order valence-electron chi connectivity index (χ1n) is 8.63. The van der Waals surface area contributed by atoms with Crippen LogP contribution in [0.15, 0.2) is 24.3 Å². The van der Waals surface area contributed by atoms with Crippen LogP contribution in [0.5, 0.6) is 0 Å². The summed E-state index contributed by atoms with van der Waals surface area (Å²) in [6, 6.07) is 8.19. The maximum atomic E-state index is 12.0. The molecule has 1 heterocycles. The molecule has 0 saturated carbocycles. The first kappa shape index (κ1) is 19.2. The van der Waals surface area contributed by atoms with Crippen molar-refractivity contribution in [1.29, 1.82) is 0 Å². The molecule has 2 rings (SSSR count). The second-order valence-electron chi connectivity index (χ2n) is 7.72. The lowest BCUT2D eigenvalue weighted by Crippen LogP contribution is -2.60. The molecule has 1 saturated heterocycles. The van der Waals surface area contributed by atoms with Gasteiger partial charge in [-0.3, -0.25) is 4.90 Å². The molecule has 25 heavy (non-hydrogen) atoms. The molecule has 0 unspecified atom stereocenters. The van der Waals surface area contributed by atoms with E-state index < -0.39 is 23.2 Å². The zero-order valence-corrected chi connectivity index (χ0v) is 15.5. The minimum absolute atomic E-state index is 0.355. The Bertz CT molecular complexity index is 629. The number of carboxylic acid groups (broad SMARTS) is 1. The summed E-state index contributed by atoms with van der Waals surface area (Å²) in [5.41, 5.74) is 0.551. The average molecular weight is 348 g/mol. The van der Waals surface area contributed by atoms with Crippen LogP contribution < -0.4 is 5.32 Å². The number of carbonyl (C=O) groups excluding carboxylic acids is 1. The molecule has 1 aliphatic heterocycles. The second kappa shape index (κ2) is 7.44. The highest BCUT2D eigenvalue weighted by Gasteiger charge is 2.43. The third kappa shape index (κ3) is 5.19. The van der Waals surface area contributed by atoms with Crippen LogP contribution in [0.3, 0.4) is 0 Å². The normalized spacial score (nSPS) is 17.8. The lowest BCUT2D eigenvalue weighted by molar-refractivity contribution is -0.147. The minimum atomic E-state index is -1.26. The van der Waals surface area contributed by atoms with Gasteiger partial charge in [0.05, 0.1) is 0 Å². The molecule has 1 fully saturated rings. The molecule has 1 aromatic rings. The van der Waals surface area contributed by atoms with Crippen LogP contribution in [0.2, 0.25) is 0 Å². The molecule has 0 radical (unpaired) electrons. The van der Waals surface area contributed by atoms with E-state index >= 15 is 0 Å². The van der Waals surface area contributed by atoms with Gasteiger partial charge in [0.25, 0.3) is 0 Å². The van der Waals surface area contributed by atoms with Crippen LogP contribution in [-0.2, 0) is 16.1 Å². The van der Waals surface area contributed by atoms with Crippen LogP contribution in [-0.4, -0.2) is 46.3 Å². The van der Waals surface area contributed by atoms with Gasteiger partial charge in [-0.25, -0.2) is 9.59 Å². The van der Waals surface area contributed by atoms with E-state index in [1.54, 1.807) is 20.8 Å². The second-order valence-corrected chi connectivity index (χ2v) is 7.72. The average Bonchev–Trinajstić information content (AvgIpc) is 2.49. The molecule has 1 amide bonds. The third-order valence-corrected chi connectivity index (χ3v) is 4.51. The van der Waals surface area contributed by atoms with Gasteiger partial charge in [-0.15, -0.1) is 0 Å². The Labute approximate surface area is 149 Å². The number of carboxylic acids is 1. The lowest BCUT2D eigenvalue weighted by atomic mass is 9.87. The fourth-order valence-electron chi connectivity index (χ4n) is 3.01. The van der Waals surface area contributed by atoms with Crippen LogP contribution in [0.1, 0.15) is 44.7 Å². The number of rotatable bonds is 4. The van der Waals surface area contributed by atoms with E-state index in [0.29, 0.717) is 25.9 Å². The Morgan fingerprint density at radius 3 is 2.36 bits per heavy atom. The Morgan fingerprint density at radius 1 is 1.24 bits per heavy atom. The van der Waals surface area contributed by atoms with Gasteiger partial charge in [-0.1, -0.05) is 24.3 Å². The highest BCUT2D eigenvalue weighted by atomic mass is 16.6. The van der Waals surface area contributed by atoms with Crippen molar-refractivity contribution in [2.75, 3.05) is 13.1 Å². The fraction of sp³-hybridized carbons (Fsp3) is 0.579. The predicted octanol–water partition coefficient (Wildman–Crippen LogP) is 2.94. The number of likely N-dealkylation sites (tertiary alicyclic amines) is 1. The summed E-state index contributed by atoms with van der Waals surface area (Å²) in [4.78, 5) is 26.1. The predicted molar refractivity (Wildman–Crippen MR) is 95.4 cm³/mol. The Hall–Kier alpha value is -2.08. The first-order chi connectivity index (χ1) is 11.6. The summed E-state index contributed by atoms with van der Waals surface area (Å²) >= 11 is 0. The lowest BCUT2D eigenvalue weighted by Gasteiger charge is -2.39. The van der Waals surface area contributed by atoms with E-state index in [9.17, 15) is 14.7 Å². The Kier molecular flexibility index (Phi) is 5.72. The summed E-state index contributed by atoms with van der Waals surface area (Å²) in [5.74, 6) is -1.01. The van der Waals surface area contributed by atoms with E-state index in [2.05, 4.69) is 29.3 Å². The number of aliphatic carboxylic acids is 1. The van der Waals surface area contributed by atoms with Crippen molar-refractivity contribution < 1.29 is 19.4 Å². The monoisotopic (exact) mass is 348 g/mol. The maximum absolute atomic E-state index is 12.0. The SMILES string of the molecule is Cc1ccccc1CN1CCC(NC(=O)OC(C)(C)C)(C(=O)O)CC1. The molecule has 0 bridgehead atoms. The van der Waals surface area contributed by atoms with E-state index in [0.717, 1.165) is 6.54 Å². The number of alkyl carbamates (subject to hydrolysis) is 1. The summed E-state index contributed by atoms with van der Waals surface area (Å²) in [5, 5.41) is 12.3. The van der Waals surface area contributed by atoms with Gasteiger partial charge in [0, 0.05) is 19.6 Å². The minimum Gasteiger partial charge on any atom is -0.480 e. The number of ether oxygens (including phenoxy) is 1. The van der Waals surface area contributed by atoms with E-state index in [-0.39, 0.29) is 0 Å². The van der Waals surface area contributed by atoms with Crippen LogP contribution in [0.4, 0.5) is 4.79 Å². The van der Waals surface area contributed by atoms with Crippen LogP contribution in [0, 0.1) is 6.92 Å². The number of hydrogen-bond donors (Lipinski definition) is 2. The number of carbonyl (C=O) groups is 2. The topological polar surface area (TPSA) is 78.9 Å². The van der Waals surface area contributed by atoms with E-state index in [1.807, 2.05) is 12.1 Å². The number of piperidine rings is 1. The first-order valence-corrected chi connectivity index (χ1v) is 8.63. The van der Waals surface area contributed by atoms with Crippen molar-refractivity contribution in [2.45, 2.75) is 58.2 Å². The van der Waals surface area contributed by atoms with Gasteiger partial charge in [-0.2, -0.15) is 0 Å². The zero-order valence-electron chi connectivity index (χ0n) is 15.5. The highest BCUT2D eigenvalue weighted by molar-refractivity contribution is 5.84. The molecule has 6 heteroatoms. The van der Waals surface area contributed by atoms with Crippen molar-refractivity contribution in [3.63, 3.8) is 0 Å². The molecule has 2 N–H and O–H groups in total. The van der Waals surface area contributed by atoms with Crippen molar-refractivity contribution in [2.24, 2.45) is 0 Å². The van der Waals surface area contributed by atoms with E-state index in [1.165, 1.54) is 11.1 Å². The smallest absolute Gasteiger partial charge is 0.408 e. The van der Waals surface area contributed by atoms with E-state index in [4.69, 9.17) is 4.74 Å². The molecule has 0 aromatic heterocycles. The highest BCUT2D eigenvalue weighted by Crippen LogP contribution is 2.25.